The zero-order chi connectivity index (χ0) is 23.5. The molecule has 0 amide bonds. The summed E-state index contributed by atoms with van der Waals surface area (Å²) in [6.45, 7) is 21.6. The first-order valence-electron chi connectivity index (χ1n) is 13.7. The summed E-state index contributed by atoms with van der Waals surface area (Å²) in [5.74, 6) is 3.46. The summed E-state index contributed by atoms with van der Waals surface area (Å²) >= 11 is 0. The van der Waals surface area contributed by atoms with Gasteiger partial charge in [0.2, 0.25) is 0 Å². The second-order valence-electron chi connectivity index (χ2n) is 14.9. The van der Waals surface area contributed by atoms with Gasteiger partial charge < -0.3 is 10.2 Å². The minimum Gasteiger partial charge on any atom is -0.390 e. The monoisotopic (exact) mass is 442 g/mol. The molecule has 182 valence electrons. The quantitative estimate of drug-likeness (QED) is 0.429. The van der Waals surface area contributed by atoms with Gasteiger partial charge in [-0.2, -0.15) is 0 Å². The van der Waals surface area contributed by atoms with Crippen molar-refractivity contribution in [2.24, 2.45) is 56.7 Å². The Kier molecular flexibility index (Phi) is 5.02. The Hall–Kier alpha value is -0.340. The molecule has 0 aromatic rings. The molecule has 0 aliphatic heterocycles. The maximum atomic E-state index is 11.0. The Morgan fingerprint density at radius 2 is 1.47 bits per heavy atom. The van der Waals surface area contributed by atoms with Crippen LogP contribution in [-0.2, 0) is 0 Å². The molecule has 5 saturated carbocycles. The van der Waals surface area contributed by atoms with E-state index in [4.69, 9.17) is 0 Å². The first-order chi connectivity index (χ1) is 14.7. The summed E-state index contributed by atoms with van der Waals surface area (Å²) in [5, 5.41) is 21.9. The normalized spacial score (nSPS) is 58.8. The average Bonchev–Trinajstić information content (AvgIpc) is 3.05. The maximum Gasteiger partial charge on any atom is 0.0852 e. The summed E-state index contributed by atoms with van der Waals surface area (Å²) < 4.78 is 0. The third-order valence-electron chi connectivity index (χ3n) is 13.4. The van der Waals surface area contributed by atoms with Gasteiger partial charge in [-0.1, -0.05) is 53.7 Å². The van der Waals surface area contributed by atoms with Gasteiger partial charge >= 0.3 is 0 Å². The molecule has 0 saturated heterocycles. The molecule has 0 heterocycles. The van der Waals surface area contributed by atoms with Crippen LogP contribution in [0.3, 0.4) is 0 Å². The number of aliphatic hydroxyl groups excluding tert-OH is 2. The van der Waals surface area contributed by atoms with Crippen molar-refractivity contribution in [1.82, 2.24) is 0 Å². The number of aliphatic hydroxyl groups is 2. The fourth-order valence-corrected chi connectivity index (χ4v) is 11.6. The van der Waals surface area contributed by atoms with Crippen LogP contribution in [0, 0.1) is 56.7 Å². The summed E-state index contributed by atoms with van der Waals surface area (Å²) in [7, 11) is 0. The Balaban J connectivity index is 1.55. The molecule has 0 unspecified atom stereocenters. The van der Waals surface area contributed by atoms with E-state index in [9.17, 15) is 10.2 Å². The van der Waals surface area contributed by atoms with Gasteiger partial charge in [0, 0.05) is 0 Å². The van der Waals surface area contributed by atoms with Crippen molar-refractivity contribution in [2.45, 2.75) is 118 Å². The van der Waals surface area contributed by atoms with Crippen LogP contribution in [0.1, 0.15) is 106 Å². The standard InChI is InChI=1S/C30H50O2/c1-18(2)19-11-13-27(5)15-16-29(7)20(24(19)27)9-10-23-28(6)17-21(31)25(32)26(3,4)22(28)12-14-30(23,29)8/h19-25,31-32H,1,9-17H2,2-8H3/t19-,20+,21+,22+,23+,24+,25-,27+,28-,29+,30+/m0/s1. The van der Waals surface area contributed by atoms with Gasteiger partial charge in [0.15, 0.2) is 0 Å². The third kappa shape index (κ3) is 2.66. The van der Waals surface area contributed by atoms with Gasteiger partial charge in [-0.25, -0.2) is 0 Å². The average molecular weight is 443 g/mol. The molecular formula is C30H50O2. The topological polar surface area (TPSA) is 40.5 Å². The minimum absolute atomic E-state index is 0.118. The van der Waals surface area contributed by atoms with Gasteiger partial charge in [0.1, 0.15) is 0 Å². The highest BCUT2D eigenvalue weighted by Crippen LogP contribution is 2.77. The van der Waals surface area contributed by atoms with E-state index in [1.165, 1.54) is 56.9 Å². The SMILES string of the molecule is C=C(C)[C@@H]1CC[C@]2(C)CC[C@]3(C)[C@H](CC[C@@H]4[C@@]5(C)C[C@@H](O)[C@H](O)C(C)(C)[C@H]5CC[C@]43C)[C@@H]12. The van der Waals surface area contributed by atoms with Crippen molar-refractivity contribution in [2.75, 3.05) is 0 Å². The molecule has 0 aromatic carbocycles. The van der Waals surface area contributed by atoms with Gasteiger partial charge in [0.25, 0.3) is 0 Å². The van der Waals surface area contributed by atoms with E-state index in [0.29, 0.717) is 34.0 Å². The van der Waals surface area contributed by atoms with Crippen LogP contribution in [0.15, 0.2) is 12.2 Å². The molecule has 11 atom stereocenters. The van der Waals surface area contributed by atoms with Crippen LogP contribution in [0.25, 0.3) is 0 Å². The van der Waals surface area contributed by atoms with E-state index in [1.54, 1.807) is 0 Å². The molecule has 32 heavy (non-hydrogen) atoms. The van der Waals surface area contributed by atoms with E-state index in [-0.39, 0.29) is 10.8 Å². The molecule has 5 aliphatic rings. The zero-order valence-corrected chi connectivity index (χ0v) is 22.0. The Labute approximate surface area is 197 Å². The predicted molar refractivity (Wildman–Crippen MR) is 132 cm³/mol. The van der Waals surface area contributed by atoms with E-state index in [2.05, 4.69) is 55.0 Å². The molecule has 5 aliphatic carbocycles. The van der Waals surface area contributed by atoms with Crippen molar-refractivity contribution in [3.63, 3.8) is 0 Å². The fraction of sp³-hybridized carbons (Fsp3) is 0.933. The third-order valence-corrected chi connectivity index (χ3v) is 13.4. The lowest BCUT2D eigenvalue weighted by Crippen LogP contribution is -2.68. The van der Waals surface area contributed by atoms with Gasteiger partial charge in [-0.15, -0.1) is 0 Å². The molecule has 5 rings (SSSR count). The lowest BCUT2D eigenvalue weighted by molar-refractivity contribution is -0.262. The van der Waals surface area contributed by atoms with Crippen LogP contribution in [0.4, 0.5) is 0 Å². The number of rotatable bonds is 1. The van der Waals surface area contributed by atoms with Gasteiger partial charge in [0.05, 0.1) is 12.2 Å². The molecule has 5 fully saturated rings. The lowest BCUT2D eigenvalue weighted by atomic mass is 9.32. The summed E-state index contributed by atoms with van der Waals surface area (Å²) in [5.41, 5.74) is 2.53. The summed E-state index contributed by atoms with van der Waals surface area (Å²) in [6.07, 6.45) is 10.2. The van der Waals surface area contributed by atoms with E-state index >= 15 is 0 Å². The minimum atomic E-state index is -0.595. The van der Waals surface area contributed by atoms with E-state index < -0.39 is 12.2 Å². The predicted octanol–water partition coefficient (Wildman–Crippen LogP) is 7.00. The first kappa shape index (κ1) is 23.4. The highest BCUT2D eigenvalue weighted by atomic mass is 16.3. The molecule has 2 nitrogen and oxygen atoms in total. The van der Waals surface area contributed by atoms with Crippen molar-refractivity contribution < 1.29 is 10.2 Å². The molecule has 0 aromatic heterocycles. The van der Waals surface area contributed by atoms with Crippen molar-refractivity contribution in [3.8, 4) is 0 Å². The van der Waals surface area contributed by atoms with Crippen molar-refractivity contribution in [1.29, 1.82) is 0 Å². The molecule has 0 spiro atoms. The first-order valence-corrected chi connectivity index (χ1v) is 13.7. The Morgan fingerprint density at radius 1 is 0.781 bits per heavy atom. The van der Waals surface area contributed by atoms with Crippen LogP contribution < -0.4 is 0 Å². The van der Waals surface area contributed by atoms with E-state index in [1.807, 2.05) is 0 Å². The number of hydrogen-bond acceptors (Lipinski definition) is 2. The second-order valence-corrected chi connectivity index (χ2v) is 14.9. The molecular weight excluding hydrogens is 392 g/mol. The van der Waals surface area contributed by atoms with Gasteiger partial charge in [-0.3, -0.25) is 0 Å². The van der Waals surface area contributed by atoms with Gasteiger partial charge in [-0.05, 0) is 121 Å². The number of hydrogen-bond donors (Lipinski definition) is 2. The van der Waals surface area contributed by atoms with Crippen molar-refractivity contribution in [3.05, 3.63) is 12.2 Å². The molecule has 0 radical (unpaired) electrons. The van der Waals surface area contributed by atoms with Crippen LogP contribution in [-0.4, -0.2) is 22.4 Å². The number of allylic oxidation sites excluding steroid dienone is 1. The zero-order valence-electron chi connectivity index (χ0n) is 22.0. The van der Waals surface area contributed by atoms with Crippen molar-refractivity contribution >= 4 is 0 Å². The van der Waals surface area contributed by atoms with Crippen LogP contribution in [0.2, 0.25) is 0 Å². The van der Waals surface area contributed by atoms with Crippen LogP contribution in [0.5, 0.6) is 0 Å². The highest BCUT2D eigenvalue weighted by molar-refractivity contribution is 5.21. The largest absolute Gasteiger partial charge is 0.390 e. The summed E-state index contributed by atoms with van der Waals surface area (Å²) in [4.78, 5) is 0. The Morgan fingerprint density at radius 3 is 2.12 bits per heavy atom. The highest BCUT2D eigenvalue weighted by Gasteiger charge is 2.70. The number of fused-ring (bicyclic) bond motifs is 7. The maximum absolute atomic E-state index is 11.0. The lowest BCUT2D eigenvalue weighted by Gasteiger charge is -2.73. The van der Waals surface area contributed by atoms with Crippen LogP contribution >= 0.6 is 0 Å². The second kappa shape index (κ2) is 6.87. The van der Waals surface area contributed by atoms with E-state index in [0.717, 1.165) is 18.3 Å². The fourth-order valence-electron chi connectivity index (χ4n) is 11.6. The summed E-state index contributed by atoms with van der Waals surface area (Å²) in [6, 6.07) is 0. The molecule has 2 heteroatoms. The molecule has 0 bridgehead atoms. The molecule has 2 N–H and O–H groups in total. The Bertz CT molecular complexity index is 801. The smallest absolute Gasteiger partial charge is 0.0852 e.